The number of pyridine rings is 2. The summed E-state index contributed by atoms with van der Waals surface area (Å²) in [5, 5.41) is 0. The van der Waals surface area contributed by atoms with Gasteiger partial charge in [0.05, 0.1) is 46.6 Å². The number of alkyl halides is 12. The number of benzene rings is 2. The lowest BCUT2D eigenvalue weighted by Crippen LogP contribution is -2.47. The van der Waals surface area contributed by atoms with E-state index in [9.17, 15) is 57.5 Å². The van der Waals surface area contributed by atoms with E-state index < -0.39 is 53.2 Å². The van der Waals surface area contributed by atoms with Crippen LogP contribution < -0.4 is 19.3 Å². The van der Waals surface area contributed by atoms with Crippen LogP contribution in [0.15, 0.2) is 73.1 Å². The van der Waals surface area contributed by atoms with E-state index in [2.05, 4.69) is 9.97 Å². The van der Waals surface area contributed by atoms with Crippen molar-refractivity contribution in [2.24, 2.45) is 0 Å². The number of carbonyl (C=O) groups is 1. The molecule has 0 N–H and O–H groups in total. The third kappa shape index (κ3) is 10.2. The van der Waals surface area contributed by atoms with Gasteiger partial charge in [0.1, 0.15) is 35.3 Å². The molecular formula is C44H40F12N4O5. The van der Waals surface area contributed by atoms with Gasteiger partial charge in [0.15, 0.2) is 12.6 Å². The van der Waals surface area contributed by atoms with Crippen LogP contribution in [0.5, 0.6) is 11.5 Å². The van der Waals surface area contributed by atoms with Crippen LogP contribution in [0.2, 0.25) is 0 Å². The third-order valence-electron chi connectivity index (χ3n) is 12.3. The summed E-state index contributed by atoms with van der Waals surface area (Å²) in [6.45, 7) is 0.562. The smallest absolute Gasteiger partial charge is 0.417 e. The van der Waals surface area contributed by atoms with Crippen molar-refractivity contribution in [2.75, 3.05) is 23.0 Å². The quantitative estimate of drug-likeness (QED) is 0.127. The molecule has 5 fully saturated rings. The first-order chi connectivity index (χ1) is 30.7. The van der Waals surface area contributed by atoms with Crippen LogP contribution in [-0.4, -0.2) is 65.8 Å². The zero-order valence-electron chi connectivity index (χ0n) is 34.0. The number of ether oxygens (including phenoxy) is 4. The number of aldehydes is 1. The van der Waals surface area contributed by atoms with E-state index in [0.717, 1.165) is 80.5 Å². The molecule has 350 valence electrons. The highest BCUT2D eigenvalue weighted by Crippen LogP contribution is 2.44. The summed E-state index contributed by atoms with van der Waals surface area (Å²) in [5.41, 5.74) is -3.32. The summed E-state index contributed by atoms with van der Waals surface area (Å²) in [5.74, 6) is 1.32. The van der Waals surface area contributed by atoms with E-state index in [1.54, 1.807) is 0 Å². The number of piperidine rings is 2. The predicted molar refractivity (Wildman–Crippen MR) is 207 cm³/mol. The normalized spacial score (nSPS) is 24.7. The van der Waals surface area contributed by atoms with Crippen molar-refractivity contribution in [2.45, 2.75) is 119 Å². The van der Waals surface area contributed by atoms with Gasteiger partial charge in [0.2, 0.25) is 0 Å². The molecule has 0 radical (unpaired) electrons. The molecule has 4 bridgehead atoms. The van der Waals surface area contributed by atoms with Crippen LogP contribution in [0.3, 0.4) is 0 Å². The van der Waals surface area contributed by atoms with E-state index in [1.807, 2.05) is 9.80 Å². The Morgan fingerprint density at radius 1 is 0.523 bits per heavy atom. The molecule has 0 amide bonds. The average Bonchev–Trinajstić information content (AvgIpc) is 3.95. The summed E-state index contributed by atoms with van der Waals surface area (Å²) < 4.78 is 178. The largest absolute Gasteiger partial charge is 0.490 e. The lowest BCUT2D eigenvalue weighted by atomic mass is 9.99. The number of nitrogens with zero attached hydrogens (tertiary/aromatic N) is 4. The van der Waals surface area contributed by atoms with Gasteiger partial charge in [-0.1, -0.05) is 0 Å². The Labute approximate surface area is 363 Å². The summed E-state index contributed by atoms with van der Waals surface area (Å²) in [4.78, 5) is 23.3. The van der Waals surface area contributed by atoms with Crippen molar-refractivity contribution in [3.63, 3.8) is 0 Å². The van der Waals surface area contributed by atoms with Crippen LogP contribution >= 0.6 is 0 Å². The molecular weight excluding hydrogens is 892 g/mol. The molecule has 0 spiro atoms. The van der Waals surface area contributed by atoms with Crippen LogP contribution in [0.25, 0.3) is 0 Å². The van der Waals surface area contributed by atoms with Crippen molar-refractivity contribution < 1.29 is 76.4 Å². The second-order valence-electron chi connectivity index (χ2n) is 16.5. The minimum atomic E-state index is -4.56. The van der Waals surface area contributed by atoms with Crippen LogP contribution in [0, 0.1) is 0 Å². The Hall–Kier alpha value is -5.31. The lowest BCUT2D eigenvalue weighted by Gasteiger charge is -2.40. The predicted octanol–water partition coefficient (Wildman–Crippen LogP) is 11.3. The summed E-state index contributed by atoms with van der Waals surface area (Å²) in [7, 11) is 0. The molecule has 65 heavy (non-hydrogen) atoms. The molecule has 9 rings (SSSR count). The number of hydrogen-bond acceptors (Lipinski definition) is 9. The zero-order valence-corrected chi connectivity index (χ0v) is 34.0. The second-order valence-corrected chi connectivity index (χ2v) is 16.5. The maximum Gasteiger partial charge on any atom is 0.417 e. The molecule has 9 nitrogen and oxygen atoms in total. The molecule has 0 saturated carbocycles. The first-order valence-corrected chi connectivity index (χ1v) is 20.7. The molecule has 7 heterocycles. The minimum Gasteiger partial charge on any atom is -0.490 e. The number of rotatable bonds is 8. The lowest BCUT2D eigenvalue weighted by molar-refractivity contribution is -0.138. The number of carbonyl (C=O) groups excluding carboxylic acids is 1. The number of aromatic nitrogens is 2. The van der Waals surface area contributed by atoms with Gasteiger partial charge in [-0.25, -0.2) is 9.97 Å². The van der Waals surface area contributed by atoms with Crippen LogP contribution in [-0.2, 0) is 34.2 Å². The van der Waals surface area contributed by atoms with Gasteiger partial charge in [-0.05, 0) is 86.3 Å². The van der Waals surface area contributed by atoms with Gasteiger partial charge in [-0.15, -0.1) is 0 Å². The molecule has 2 unspecified atom stereocenters. The van der Waals surface area contributed by atoms with Crippen molar-refractivity contribution in [1.29, 1.82) is 0 Å². The highest BCUT2D eigenvalue weighted by molar-refractivity contribution is 5.79. The Morgan fingerprint density at radius 2 is 0.908 bits per heavy atom. The van der Waals surface area contributed by atoms with Crippen molar-refractivity contribution in [3.8, 4) is 11.5 Å². The standard InChI is InChI=1S/C23H22F6N2O3.C21H18F6N2O2/c24-22(25,26)13-1-5-19(18(9-13)21-32-7-8-33-21)34-17-10-15-3-4-16(11-17)31(15)20-6-2-14(12-30-20)23(27,28)29;22-20(23,24)13-1-5-18(12(7-13)11-30)31-17-8-15-3-4-16(9-17)29(15)19-6-2-14(10-28-19)21(25,26)27/h1-2,5-6,9,12,15-17,21H,3-4,7-8,10-11H2;1-2,5-7,10-11,15-17H,3-4,8-9H2/t2*15-,16+,17?. The van der Waals surface area contributed by atoms with E-state index >= 15 is 0 Å². The molecule has 4 aromatic rings. The van der Waals surface area contributed by atoms with E-state index in [-0.39, 0.29) is 72.2 Å². The van der Waals surface area contributed by atoms with Gasteiger partial charge < -0.3 is 28.7 Å². The van der Waals surface area contributed by atoms with Crippen LogP contribution in [0.1, 0.15) is 95.8 Å². The molecule has 2 aromatic heterocycles. The molecule has 2 aromatic carbocycles. The maximum atomic E-state index is 13.3. The molecule has 5 saturated heterocycles. The van der Waals surface area contributed by atoms with Gasteiger partial charge in [-0.2, -0.15) is 52.7 Å². The molecule has 5 aliphatic heterocycles. The number of halogens is 12. The summed E-state index contributed by atoms with van der Waals surface area (Å²) in [6.07, 6.45) is -12.0. The van der Waals surface area contributed by atoms with E-state index in [4.69, 9.17) is 18.9 Å². The molecule has 0 aliphatic carbocycles. The van der Waals surface area contributed by atoms with Gasteiger partial charge in [0.25, 0.3) is 0 Å². The molecule has 5 aliphatic rings. The van der Waals surface area contributed by atoms with E-state index in [0.29, 0.717) is 43.6 Å². The van der Waals surface area contributed by atoms with E-state index in [1.165, 1.54) is 18.2 Å². The Balaban J connectivity index is 0.000000178. The second kappa shape index (κ2) is 17.8. The van der Waals surface area contributed by atoms with Crippen molar-refractivity contribution in [3.05, 3.63) is 106 Å². The molecule has 6 atom stereocenters. The number of anilines is 2. The summed E-state index contributed by atoms with van der Waals surface area (Å²) >= 11 is 0. The first kappa shape index (κ1) is 46.2. The van der Waals surface area contributed by atoms with Gasteiger partial charge >= 0.3 is 24.7 Å². The maximum absolute atomic E-state index is 13.3. The SMILES string of the molecule is FC(F)(F)c1ccc(N2[C@@H]3CC[C@H]2CC(Oc2ccc(C(F)(F)F)cc2C2OCCO2)C3)nc1.O=Cc1cc(C(F)(F)F)ccc1OC1C[C@H]2CC[C@@H](C1)N2c1ccc(C(F)(F)F)cn1. The fourth-order valence-corrected chi connectivity index (χ4v) is 9.45. The average molecular weight is 933 g/mol. The van der Waals surface area contributed by atoms with Crippen LogP contribution in [0.4, 0.5) is 64.3 Å². The highest BCUT2D eigenvalue weighted by Gasteiger charge is 2.45. The third-order valence-corrected chi connectivity index (χ3v) is 12.3. The monoisotopic (exact) mass is 932 g/mol. The number of fused-ring (bicyclic) bond motifs is 4. The topological polar surface area (TPSA) is 86.2 Å². The van der Waals surface area contributed by atoms with Gasteiger partial charge in [0, 0.05) is 62.2 Å². The number of hydrogen-bond donors (Lipinski definition) is 0. The fourth-order valence-electron chi connectivity index (χ4n) is 9.45. The Bertz CT molecular complexity index is 2270. The highest BCUT2D eigenvalue weighted by atomic mass is 19.4. The first-order valence-electron chi connectivity index (χ1n) is 20.7. The Kier molecular flexibility index (Phi) is 12.7. The zero-order chi connectivity index (χ0) is 46.5. The Morgan fingerprint density at radius 3 is 1.29 bits per heavy atom. The van der Waals surface area contributed by atoms with Gasteiger partial charge in [-0.3, -0.25) is 4.79 Å². The van der Waals surface area contributed by atoms with Crippen molar-refractivity contribution in [1.82, 2.24) is 9.97 Å². The fraction of sp³-hybridized carbons (Fsp3) is 0.477. The van der Waals surface area contributed by atoms with Crippen molar-refractivity contribution >= 4 is 17.9 Å². The minimum absolute atomic E-state index is 0.0119. The summed E-state index contributed by atoms with van der Waals surface area (Å²) in [6, 6.07) is 10.9. The molecule has 21 heteroatoms.